The van der Waals surface area contributed by atoms with Crippen molar-refractivity contribution in [1.82, 2.24) is 0 Å². The Labute approximate surface area is 171 Å². The van der Waals surface area contributed by atoms with Gasteiger partial charge >= 0.3 is 13.1 Å². The molecule has 3 rings (SSSR count). The molecule has 0 atom stereocenters. The Morgan fingerprint density at radius 3 is 2.38 bits per heavy atom. The van der Waals surface area contributed by atoms with Crippen molar-refractivity contribution in [3.8, 4) is 17.6 Å². The van der Waals surface area contributed by atoms with E-state index in [0.29, 0.717) is 22.6 Å². The molecule has 0 bridgehead atoms. The summed E-state index contributed by atoms with van der Waals surface area (Å²) in [7, 11) is -0.592. The van der Waals surface area contributed by atoms with Crippen LogP contribution in [0.1, 0.15) is 45.7 Å². The summed E-state index contributed by atoms with van der Waals surface area (Å²) >= 11 is 0. The van der Waals surface area contributed by atoms with Gasteiger partial charge in [-0.25, -0.2) is 0 Å². The first kappa shape index (κ1) is 20.9. The molecule has 0 saturated carbocycles. The third-order valence-corrected chi connectivity index (χ3v) is 5.29. The minimum absolute atomic E-state index is 0.0613. The molecule has 0 unspecified atom stereocenters. The monoisotopic (exact) mass is 393 g/mol. The summed E-state index contributed by atoms with van der Waals surface area (Å²) in [6.45, 7) is 9.35. The zero-order chi connectivity index (χ0) is 21.2. The topological polar surface area (TPSA) is 77.8 Å². The van der Waals surface area contributed by atoms with Crippen LogP contribution in [0.2, 0.25) is 0 Å². The van der Waals surface area contributed by atoms with E-state index in [1.807, 2.05) is 33.8 Å². The number of carbonyl (C=O) groups is 1. The molecule has 1 fully saturated rings. The van der Waals surface area contributed by atoms with Crippen LogP contribution in [-0.2, 0) is 25.4 Å². The number of para-hydroxylation sites is 1. The number of benzene rings is 2. The summed E-state index contributed by atoms with van der Waals surface area (Å²) in [6, 6.07) is 14.5. The summed E-state index contributed by atoms with van der Waals surface area (Å²) in [4.78, 5) is 11.4. The van der Waals surface area contributed by atoms with Crippen LogP contribution in [0.15, 0.2) is 42.5 Å². The third kappa shape index (κ3) is 4.45. The van der Waals surface area contributed by atoms with Gasteiger partial charge in [0.15, 0.2) is 0 Å². The molecule has 2 aromatic rings. The molecule has 0 aliphatic carbocycles. The maximum Gasteiger partial charge on any atom is 0.495 e. The Morgan fingerprint density at radius 1 is 1.10 bits per heavy atom. The second-order valence-corrected chi connectivity index (χ2v) is 7.94. The molecular weight excluding hydrogens is 369 g/mol. The number of ether oxygens (including phenoxy) is 2. The van der Waals surface area contributed by atoms with Crippen molar-refractivity contribution >= 4 is 18.6 Å². The predicted octanol–water partition coefficient (Wildman–Crippen LogP) is 3.71. The van der Waals surface area contributed by atoms with E-state index in [9.17, 15) is 10.1 Å². The zero-order valence-corrected chi connectivity index (χ0v) is 17.3. The number of hydrogen-bond donors (Lipinski definition) is 0. The average Bonchev–Trinajstić information content (AvgIpc) is 2.87. The molecule has 7 heteroatoms. The molecule has 29 heavy (non-hydrogen) atoms. The van der Waals surface area contributed by atoms with Crippen molar-refractivity contribution in [2.24, 2.45) is 0 Å². The van der Waals surface area contributed by atoms with Gasteiger partial charge < -0.3 is 18.8 Å². The lowest BCUT2D eigenvalue weighted by Crippen LogP contribution is -2.41. The minimum Gasteiger partial charge on any atom is -0.461 e. The second kappa shape index (κ2) is 7.90. The summed E-state index contributed by atoms with van der Waals surface area (Å²) in [5.41, 5.74) is 0.940. The molecule has 1 aliphatic rings. The van der Waals surface area contributed by atoms with Gasteiger partial charge in [-0.2, -0.15) is 5.26 Å². The lowest BCUT2D eigenvalue weighted by molar-refractivity contribution is -0.142. The van der Waals surface area contributed by atoms with Gasteiger partial charge in [-0.15, -0.1) is 0 Å². The highest BCUT2D eigenvalue weighted by Crippen LogP contribution is 2.37. The molecule has 2 aromatic carbocycles. The Hall–Kier alpha value is -2.82. The van der Waals surface area contributed by atoms with Crippen LogP contribution in [0.5, 0.6) is 11.5 Å². The van der Waals surface area contributed by atoms with Gasteiger partial charge in [0.1, 0.15) is 24.2 Å². The zero-order valence-electron chi connectivity index (χ0n) is 17.3. The molecule has 0 amide bonds. The van der Waals surface area contributed by atoms with Crippen LogP contribution in [-0.4, -0.2) is 24.3 Å². The largest absolute Gasteiger partial charge is 0.495 e. The van der Waals surface area contributed by atoms with Crippen LogP contribution in [0.4, 0.5) is 0 Å². The molecule has 1 aliphatic heterocycles. The number of rotatable bonds is 5. The maximum atomic E-state index is 11.4. The van der Waals surface area contributed by atoms with Crippen molar-refractivity contribution in [2.75, 3.05) is 0 Å². The first-order chi connectivity index (χ1) is 13.6. The summed E-state index contributed by atoms with van der Waals surface area (Å²) in [5.74, 6) is 0.595. The Morgan fingerprint density at radius 2 is 1.76 bits per heavy atom. The average molecular weight is 393 g/mol. The molecule has 6 nitrogen and oxygen atoms in total. The van der Waals surface area contributed by atoms with E-state index < -0.39 is 18.3 Å². The SMILES string of the molecule is CC(=O)OCc1cc(Oc2ccccc2C#N)ccc1B1OC(C)(C)C(C)(C)O1. The van der Waals surface area contributed by atoms with Crippen LogP contribution in [0, 0.1) is 11.3 Å². The minimum atomic E-state index is -0.592. The van der Waals surface area contributed by atoms with E-state index in [0.717, 1.165) is 5.46 Å². The number of hydrogen-bond acceptors (Lipinski definition) is 6. The predicted molar refractivity (Wildman–Crippen MR) is 109 cm³/mol. The maximum absolute atomic E-state index is 11.4. The number of nitriles is 1. The number of esters is 1. The number of nitrogens with zero attached hydrogens (tertiary/aromatic N) is 1. The van der Waals surface area contributed by atoms with Gasteiger partial charge in [0.05, 0.1) is 16.8 Å². The lowest BCUT2D eigenvalue weighted by atomic mass is 9.76. The highest BCUT2D eigenvalue weighted by atomic mass is 16.7. The van der Waals surface area contributed by atoms with Crippen LogP contribution >= 0.6 is 0 Å². The van der Waals surface area contributed by atoms with Crippen molar-refractivity contribution < 1.29 is 23.6 Å². The van der Waals surface area contributed by atoms with Gasteiger partial charge in [-0.1, -0.05) is 18.2 Å². The second-order valence-electron chi connectivity index (χ2n) is 7.94. The van der Waals surface area contributed by atoms with Crippen LogP contribution < -0.4 is 10.2 Å². The van der Waals surface area contributed by atoms with Crippen molar-refractivity contribution in [1.29, 1.82) is 5.26 Å². The molecule has 1 saturated heterocycles. The van der Waals surface area contributed by atoms with Gasteiger partial charge in [0.25, 0.3) is 0 Å². The molecule has 0 aromatic heterocycles. The summed E-state index contributed by atoms with van der Waals surface area (Å²) < 4.78 is 23.4. The smallest absolute Gasteiger partial charge is 0.461 e. The first-order valence-corrected chi connectivity index (χ1v) is 9.42. The Bertz CT molecular complexity index is 948. The van der Waals surface area contributed by atoms with Crippen molar-refractivity contribution in [3.05, 3.63) is 53.6 Å². The Balaban J connectivity index is 1.93. The molecule has 1 heterocycles. The fraction of sp³-hybridized carbons (Fsp3) is 0.364. The fourth-order valence-electron chi connectivity index (χ4n) is 2.92. The van der Waals surface area contributed by atoms with Crippen molar-refractivity contribution in [2.45, 2.75) is 52.4 Å². The quantitative estimate of drug-likeness (QED) is 0.569. The van der Waals surface area contributed by atoms with Crippen LogP contribution in [0.25, 0.3) is 0 Å². The van der Waals surface area contributed by atoms with Gasteiger partial charge in [-0.3, -0.25) is 4.79 Å². The summed E-state index contributed by atoms with van der Waals surface area (Å²) in [5, 5.41) is 9.26. The fourth-order valence-corrected chi connectivity index (χ4v) is 2.92. The first-order valence-electron chi connectivity index (χ1n) is 9.42. The molecule has 0 radical (unpaired) electrons. The Kier molecular flexibility index (Phi) is 5.69. The molecule has 0 N–H and O–H groups in total. The van der Waals surface area contributed by atoms with Crippen LogP contribution in [0.3, 0.4) is 0 Å². The van der Waals surface area contributed by atoms with E-state index in [-0.39, 0.29) is 12.6 Å². The van der Waals surface area contributed by atoms with E-state index in [1.165, 1.54) is 6.92 Å². The van der Waals surface area contributed by atoms with Crippen molar-refractivity contribution in [3.63, 3.8) is 0 Å². The highest BCUT2D eigenvalue weighted by molar-refractivity contribution is 6.62. The molecule has 150 valence electrons. The lowest BCUT2D eigenvalue weighted by Gasteiger charge is -2.32. The van der Waals surface area contributed by atoms with E-state index in [4.69, 9.17) is 18.8 Å². The third-order valence-electron chi connectivity index (χ3n) is 5.29. The van der Waals surface area contributed by atoms with E-state index in [2.05, 4.69) is 6.07 Å². The number of carbonyl (C=O) groups excluding carboxylic acids is 1. The normalized spacial score (nSPS) is 16.9. The van der Waals surface area contributed by atoms with E-state index >= 15 is 0 Å². The highest BCUT2D eigenvalue weighted by Gasteiger charge is 2.52. The molecule has 0 spiro atoms. The van der Waals surface area contributed by atoms with E-state index in [1.54, 1.807) is 36.4 Å². The van der Waals surface area contributed by atoms with Gasteiger partial charge in [0, 0.05) is 6.92 Å². The van der Waals surface area contributed by atoms with Gasteiger partial charge in [0.2, 0.25) is 0 Å². The van der Waals surface area contributed by atoms with Gasteiger partial charge in [-0.05, 0) is 63.0 Å². The standard InChI is InChI=1S/C22H24BNO5/c1-15(25)26-14-17-12-18(27-20-9-7-6-8-16(20)13-24)10-11-19(17)23-28-21(2,3)22(4,5)29-23/h6-12H,14H2,1-5H3. The summed E-state index contributed by atoms with van der Waals surface area (Å²) in [6.07, 6.45) is 0. The molecular formula is C22H24BNO5.